The van der Waals surface area contributed by atoms with Gasteiger partial charge in [-0.3, -0.25) is 19.8 Å². The quantitative estimate of drug-likeness (QED) is 0.509. The van der Waals surface area contributed by atoms with E-state index in [-0.39, 0.29) is 11.1 Å². The Hall–Kier alpha value is -3.16. The summed E-state index contributed by atoms with van der Waals surface area (Å²) < 4.78 is 11.4. The highest BCUT2D eigenvalue weighted by Crippen LogP contribution is 2.38. The molecule has 144 valence electrons. The highest BCUT2D eigenvalue weighted by atomic mass is 16.5. The van der Waals surface area contributed by atoms with Crippen LogP contribution in [0.4, 0.5) is 0 Å². The molecule has 0 bridgehead atoms. The molecule has 4 N–H and O–H groups in total. The molecular formula is C19H24N4O4. The molecule has 8 nitrogen and oxygen atoms in total. The average molecular weight is 372 g/mol. The van der Waals surface area contributed by atoms with Gasteiger partial charge >= 0.3 is 0 Å². The molecule has 0 unspecified atom stereocenters. The van der Waals surface area contributed by atoms with Crippen LogP contribution in [0.2, 0.25) is 0 Å². The predicted octanol–water partition coefficient (Wildman–Crippen LogP) is 2.31. The number of aryl methyl sites for hydroxylation is 2. The molecule has 0 aliphatic carbocycles. The second kappa shape index (κ2) is 7.61. The number of benzene rings is 1. The minimum Gasteiger partial charge on any atom is -0.494 e. The minimum absolute atomic E-state index is 0.270. The summed E-state index contributed by atoms with van der Waals surface area (Å²) in [5.74, 6) is 0.656. The van der Waals surface area contributed by atoms with Crippen LogP contribution in [0.25, 0.3) is 0 Å². The van der Waals surface area contributed by atoms with E-state index < -0.39 is 5.92 Å². The largest absolute Gasteiger partial charge is 0.494 e. The van der Waals surface area contributed by atoms with Crippen LogP contribution < -0.4 is 20.6 Å². The van der Waals surface area contributed by atoms with Gasteiger partial charge in [-0.05, 0) is 33.8 Å². The highest BCUT2D eigenvalue weighted by Gasteiger charge is 2.30. The van der Waals surface area contributed by atoms with Gasteiger partial charge in [-0.15, -0.1) is 0 Å². The number of ether oxygens (including phenoxy) is 2. The minimum atomic E-state index is -0.591. The van der Waals surface area contributed by atoms with Crippen LogP contribution in [-0.4, -0.2) is 33.6 Å². The summed E-state index contributed by atoms with van der Waals surface area (Å²) in [7, 11) is 0. The third-order valence-corrected chi connectivity index (χ3v) is 4.51. The smallest absolute Gasteiger partial charge is 0.268 e. The van der Waals surface area contributed by atoms with Gasteiger partial charge in [-0.2, -0.15) is 0 Å². The summed E-state index contributed by atoms with van der Waals surface area (Å²) >= 11 is 0. The Bertz CT molecular complexity index is 986. The van der Waals surface area contributed by atoms with E-state index in [1.165, 1.54) is 0 Å². The molecule has 8 heteroatoms. The van der Waals surface area contributed by atoms with Gasteiger partial charge in [0.15, 0.2) is 0 Å². The first-order chi connectivity index (χ1) is 13.0. The number of aromatic nitrogens is 4. The maximum Gasteiger partial charge on any atom is 0.268 e. The Balaban J connectivity index is 2.29. The van der Waals surface area contributed by atoms with Crippen molar-refractivity contribution < 1.29 is 9.47 Å². The van der Waals surface area contributed by atoms with Crippen molar-refractivity contribution in [3.8, 4) is 11.5 Å². The Morgan fingerprint density at radius 1 is 0.852 bits per heavy atom. The van der Waals surface area contributed by atoms with Crippen LogP contribution in [-0.2, 0) is 0 Å². The lowest BCUT2D eigenvalue weighted by Crippen LogP contribution is -2.21. The van der Waals surface area contributed by atoms with Crippen molar-refractivity contribution >= 4 is 0 Å². The molecule has 3 aromatic rings. The number of nitrogens with one attached hydrogen (secondary N) is 4. The SMILES string of the molecule is CCOc1ccc(C(c2c(C)[nH][nH]c2=O)c2c(C)[nH][nH]c2=O)c(OCC)c1. The molecular weight excluding hydrogens is 348 g/mol. The first kappa shape index (κ1) is 18.6. The van der Waals surface area contributed by atoms with Crippen LogP contribution in [0.15, 0.2) is 27.8 Å². The first-order valence-electron chi connectivity index (χ1n) is 8.91. The van der Waals surface area contributed by atoms with Crippen molar-refractivity contribution in [3.05, 3.63) is 67.0 Å². The lowest BCUT2D eigenvalue weighted by molar-refractivity contribution is 0.320. The lowest BCUT2D eigenvalue weighted by Gasteiger charge is -2.20. The van der Waals surface area contributed by atoms with Crippen LogP contribution in [0.5, 0.6) is 11.5 Å². The average Bonchev–Trinajstić information content (AvgIpc) is 3.14. The van der Waals surface area contributed by atoms with Gasteiger partial charge in [-0.1, -0.05) is 6.07 Å². The molecule has 0 aliphatic rings. The van der Waals surface area contributed by atoms with Gasteiger partial charge in [0.25, 0.3) is 11.1 Å². The number of rotatable bonds is 7. The van der Waals surface area contributed by atoms with Crippen molar-refractivity contribution in [1.29, 1.82) is 0 Å². The van der Waals surface area contributed by atoms with Gasteiger partial charge < -0.3 is 19.7 Å². The van der Waals surface area contributed by atoms with Crippen molar-refractivity contribution in [2.75, 3.05) is 13.2 Å². The summed E-state index contributed by atoms with van der Waals surface area (Å²) in [5.41, 5.74) is 2.48. The second-order valence-electron chi connectivity index (χ2n) is 6.23. The molecule has 0 radical (unpaired) electrons. The number of H-pyrrole nitrogens is 4. The van der Waals surface area contributed by atoms with Gasteiger partial charge in [0, 0.05) is 23.0 Å². The summed E-state index contributed by atoms with van der Waals surface area (Å²) in [6.45, 7) is 8.36. The molecule has 2 heterocycles. The van der Waals surface area contributed by atoms with Crippen molar-refractivity contribution in [2.24, 2.45) is 0 Å². The van der Waals surface area contributed by atoms with Gasteiger partial charge in [-0.25, -0.2) is 0 Å². The van der Waals surface area contributed by atoms with E-state index in [2.05, 4.69) is 20.4 Å². The van der Waals surface area contributed by atoms with E-state index in [0.717, 1.165) is 5.56 Å². The predicted molar refractivity (Wildman–Crippen MR) is 102 cm³/mol. The van der Waals surface area contributed by atoms with Crippen molar-refractivity contribution in [2.45, 2.75) is 33.6 Å². The lowest BCUT2D eigenvalue weighted by atomic mass is 9.84. The normalized spacial score (nSPS) is 11.1. The summed E-state index contributed by atoms with van der Waals surface area (Å²) in [5, 5.41) is 10.9. The molecule has 3 rings (SSSR count). The molecule has 0 saturated heterocycles. The molecule has 0 aliphatic heterocycles. The molecule has 0 atom stereocenters. The van der Waals surface area contributed by atoms with Gasteiger partial charge in [0.2, 0.25) is 0 Å². The number of aromatic amines is 4. The maximum absolute atomic E-state index is 12.5. The maximum atomic E-state index is 12.5. The third-order valence-electron chi connectivity index (χ3n) is 4.51. The number of hydrogen-bond acceptors (Lipinski definition) is 4. The molecule has 0 amide bonds. The van der Waals surface area contributed by atoms with E-state index >= 15 is 0 Å². The van der Waals surface area contributed by atoms with Crippen LogP contribution >= 0.6 is 0 Å². The van der Waals surface area contributed by atoms with Crippen molar-refractivity contribution in [1.82, 2.24) is 20.4 Å². The monoisotopic (exact) mass is 372 g/mol. The zero-order valence-corrected chi connectivity index (χ0v) is 15.9. The van der Waals surface area contributed by atoms with Gasteiger partial charge in [0.1, 0.15) is 11.5 Å². The zero-order chi connectivity index (χ0) is 19.6. The Kier molecular flexibility index (Phi) is 5.25. The fourth-order valence-corrected chi connectivity index (χ4v) is 3.35. The second-order valence-corrected chi connectivity index (χ2v) is 6.23. The molecule has 2 aromatic heterocycles. The molecule has 1 aromatic carbocycles. The Labute approximate surface area is 155 Å². The standard InChI is InChI=1S/C19H24N4O4/c1-5-26-12-7-8-13(14(9-12)27-6-2)17(15-10(3)20-22-18(15)24)16-11(4)21-23-19(16)25/h7-9,17H,5-6H2,1-4H3,(H2,20,22,24)(H2,21,23,25). The Morgan fingerprint density at radius 3 is 1.85 bits per heavy atom. The van der Waals surface area contributed by atoms with E-state index in [0.29, 0.717) is 47.2 Å². The Morgan fingerprint density at radius 2 is 1.41 bits per heavy atom. The summed E-state index contributed by atoms with van der Waals surface area (Å²) in [4.78, 5) is 25.1. The highest BCUT2D eigenvalue weighted by molar-refractivity contribution is 5.52. The molecule has 27 heavy (non-hydrogen) atoms. The van der Waals surface area contributed by atoms with E-state index in [1.807, 2.05) is 26.0 Å². The molecule has 0 spiro atoms. The zero-order valence-electron chi connectivity index (χ0n) is 15.9. The molecule has 0 saturated carbocycles. The fourth-order valence-electron chi connectivity index (χ4n) is 3.35. The summed E-state index contributed by atoms with van der Waals surface area (Å²) in [6, 6.07) is 5.46. The summed E-state index contributed by atoms with van der Waals surface area (Å²) in [6.07, 6.45) is 0. The van der Waals surface area contributed by atoms with Gasteiger partial charge in [0.05, 0.1) is 30.3 Å². The van der Waals surface area contributed by atoms with Crippen LogP contribution in [0, 0.1) is 13.8 Å². The number of hydrogen-bond donors (Lipinski definition) is 4. The fraction of sp³-hybridized carbons (Fsp3) is 0.368. The topological polar surface area (TPSA) is 116 Å². The first-order valence-corrected chi connectivity index (χ1v) is 8.91. The third kappa shape index (κ3) is 3.42. The van der Waals surface area contributed by atoms with Crippen LogP contribution in [0.3, 0.4) is 0 Å². The van der Waals surface area contributed by atoms with E-state index in [9.17, 15) is 9.59 Å². The molecule has 0 fully saturated rings. The van der Waals surface area contributed by atoms with Crippen molar-refractivity contribution in [3.63, 3.8) is 0 Å². The van der Waals surface area contributed by atoms with Crippen LogP contribution in [0.1, 0.15) is 47.8 Å². The van der Waals surface area contributed by atoms with E-state index in [1.54, 1.807) is 19.9 Å². The van der Waals surface area contributed by atoms with E-state index in [4.69, 9.17) is 9.47 Å².